The zero-order valence-corrected chi connectivity index (χ0v) is 12.3. The molecule has 0 fully saturated rings. The van der Waals surface area contributed by atoms with Crippen LogP contribution in [0.4, 0.5) is 0 Å². The fourth-order valence-electron chi connectivity index (χ4n) is 0.908. The van der Waals surface area contributed by atoms with Crippen molar-refractivity contribution >= 4 is 82.7 Å². The van der Waals surface area contributed by atoms with Crippen LogP contribution >= 0.6 is 63.0 Å². The molecule has 0 nitrogen and oxygen atoms in total. The van der Waals surface area contributed by atoms with Gasteiger partial charge in [-0.05, 0) is 0 Å². The highest BCUT2D eigenvalue weighted by molar-refractivity contribution is 9.50. The van der Waals surface area contributed by atoms with Crippen LogP contribution < -0.4 is 10.9 Å². The summed E-state index contributed by atoms with van der Waals surface area (Å²) in [5.74, 6) is 0. The van der Waals surface area contributed by atoms with Crippen molar-refractivity contribution in [2.24, 2.45) is 0 Å². The summed E-state index contributed by atoms with van der Waals surface area (Å²) in [6, 6.07) is 8.21. The minimum atomic E-state index is 0.207. The van der Waals surface area contributed by atoms with E-state index in [1.54, 1.807) is 0 Å². The first-order valence-corrected chi connectivity index (χ1v) is 6.94. The van der Waals surface area contributed by atoms with Crippen molar-refractivity contribution in [1.82, 2.24) is 0 Å². The molecule has 6 heteroatoms. The molecule has 1 rings (SSSR count). The third-order valence-corrected chi connectivity index (χ3v) is 3.44. The Balaban J connectivity index is 3.09. The fourth-order valence-corrected chi connectivity index (χ4v) is 2.58. The normalized spacial score (nSPS) is 9.67. The molecule has 62 valence electrons. The van der Waals surface area contributed by atoms with Crippen molar-refractivity contribution < 1.29 is 0 Å². The summed E-state index contributed by atoms with van der Waals surface area (Å²) in [6.45, 7) is 0. The maximum atomic E-state index is 3.48. The van der Waals surface area contributed by atoms with Gasteiger partial charge in [0, 0.05) is 0 Å². The standard InChI is InChI=1S/C6H4B2Br4/c9-7(10)5-3-1-2-4-6(5)8(11)12/h1-4H. The molecular weight excluding hydrogens is 413 g/mol. The smallest absolute Gasteiger partial charge is 0.132 e. The summed E-state index contributed by atoms with van der Waals surface area (Å²) >= 11 is 13.9. The van der Waals surface area contributed by atoms with E-state index < -0.39 is 0 Å². The molecule has 0 N–H and O–H groups in total. The average Bonchev–Trinajstić information content (AvgIpc) is 2.04. The zero-order chi connectivity index (χ0) is 9.14. The summed E-state index contributed by atoms with van der Waals surface area (Å²) < 4.78 is 0.414. The Kier molecular flexibility index (Phi) is 4.94. The molecule has 0 radical (unpaired) electrons. The minimum Gasteiger partial charge on any atom is -0.132 e. The van der Waals surface area contributed by atoms with Gasteiger partial charge in [0.15, 0.2) is 0 Å². The second kappa shape index (κ2) is 5.23. The van der Waals surface area contributed by atoms with Crippen molar-refractivity contribution in [1.29, 1.82) is 0 Å². The summed E-state index contributed by atoms with van der Waals surface area (Å²) in [5, 5.41) is 0. The largest absolute Gasteiger partial charge is 0.329 e. The Morgan fingerprint density at radius 2 is 1.08 bits per heavy atom. The molecule has 12 heavy (non-hydrogen) atoms. The second-order valence-corrected chi connectivity index (χ2v) is 8.35. The Labute approximate surface area is 106 Å². The molecule has 0 aromatic heterocycles. The van der Waals surface area contributed by atoms with Gasteiger partial charge in [0.05, 0.1) is 0 Å². The van der Waals surface area contributed by atoms with Crippen LogP contribution in [0.15, 0.2) is 24.3 Å². The molecule has 0 saturated carbocycles. The van der Waals surface area contributed by atoms with E-state index >= 15 is 0 Å². The van der Waals surface area contributed by atoms with Crippen LogP contribution in [0.2, 0.25) is 0 Å². The van der Waals surface area contributed by atoms with Crippen LogP contribution in [0.25, 0.3) is 0 Å². The van der Waals surface area contributed by atoms with E-state index in [2.05, 4.69) is 75.2 Å². The van der Waals surface area contributed by atoms with Crippen LogP contribution in [0.3, 0.4) is 0 Å². The molecule has 0 spiro atoms. The molecule has 0 amide bonds. The van der Waals surface area contributed by atoms with Crippen LogP contribution in [-0.4, -0.2) is 8.72 Å². The van der Waals surface area contributed by atoms with Gasteiger partial charge in [0.2, 0.25) is 0 Å². The maximum absolute atomic E-state index is 3.48. The van der Waals surface area contributed by atoms with Crippen molar-refractivity contribution in [3.63, 3.8) is 0 Å². The van der Waals surface area contributed by atoms with Crippen LogP contribution in [0.1, 0.15) is 0 Å². The molecule has 1 aromatic rings. The van der Waals surface area contributed by atoms with Crippen molar-refractivity contribution in [2.75, 3.05) is 0 Å². The maximum Gasteiger partial charge on any atom is 0.329 e. The van der Waals surface area contributed by atoms with Gasteiger partial charge in [-0.15, -0.1) is 63.0 Å². The van der Waals surface area contributed by atoms with Gasteiger partial charge in [-0.25, -0.2) is 0 Å². The highest BCUT2D eigenvalue weighted by Crippen LogP contribution is 2.07. The van der Waals surface area contributed by atoms with Crippen LogP contribution in [-0.2, 0) is 0 Å². The molecular formula is C6H4B2Br4. The lowest BCUT2D eigenvalue weighted by Crippen LogP contribution is -2.39. The molecule has 0 aliphatic carbocycles. The van der Waals surface area contributed by atoms with Crippen molar-refractivity contribution in [2.45, 2.75) is 0 Å². The first-order valence-electron chi connectivity index (χ1n) is 3.28. The number of hydrogen-bond acceptors (Lipinski definition) is 0. The minimum absolute atomic E-state index is 0.207. The van der Waals surface area contributed by atoms with Gasteiger partial charge in [0.1, 0.15) is 0 Å². The number of benzene rings is 1. The molecule has 0 bridgehead atoms. The monoisotopic (exact) mass is 414 g/mol. The van der Waals surface area contributed by atoms with Gasteiger partial charge < -0.3 is 0 Å². The van der Waals surface area contributed by atoms with Crippen LogP contribution in [0, 0.1) is 0 Å². The van der Waals surface area contributed by atoms with Crippen LogP contribution in [0.5, 0.6) is 0 Å². The molecule has 0 aliphatic rings. The van der Waals surface area contributed by atoms with Gasteiger partial charge in [0.25, 0.3) is 0 Å². The van der Waals surface area contributed by atoms with E-state index in [1.807, 2.05) is 12.1 Å². The summed E-state index contributed by atoms with van der Waals surface area (Å²) in [7, 11) is 0. The second-order valence-electron chi connectivity index (χ2n) is 2.23. The first kappa shape index (κ1) is 11.3. The molecule has 1 aromatic carbocycles. The third kappa shape index (κ3) is 2.89. The fraction of sp³-hybridized carbons (Fsp3) is 0. The molecule has 0 saturated heterocycles. The third-order valence-electron chi connectivity index (χ3n) is 1.47. The lowest BCUT2D eigenvalue weighted by atomic mass is 9.80. The highest BCUT2D eigenvalue weighted by Gasteiger charge is 2.17. The summed E-state index contributed by atoms with van der Waals surface area (Å²) in [4.78, 5) is 0. The molecule has 0 unspecified atom stereocenters. The SMILES string of the molecule is BrB(Br)c1ccccc1B(Br)Br. The van der Waals surface area contributed by atoms with E-state index in [0.29, 0.717) is 0 Å². The number of rotatable bonds is 2. The topological polar surface area (TPSA) is 0 Å². The van der Waals surface area contributed by atoms with Crippen molar-refractivity contribution in [3.8, 4) is 0 Å². The molecule has 0 atom stereocenters. The van der Waals surface area contributed by atoms with Gasteiger partial charge in [-0.1, -0.05) is 35.2 Å². The number of hydrogen-bond donors (Lipinski definition) is 0. The predicted molar refractivity (Wildman–Crippen MR) is 72.9 cm³/mol. The summed E-state index contributed by atoms with van der Waals surface area (Å²) in [6.07, 6.45) is 0. The van der Waals surface area contributed by atoms with E-state index in [0.717, 1.165) is 0 Å². The summed E-state index contributed by atoms with van der Waals surface area (Å²) in [5.41, 5.74) is 2.47. The quantitative estimate of drug-likeness (QED) is 0.650. The Morgan fingerprint density at radius 3 is 1.33 bits per heavy atom. The van der Waals surface area contributed by atoms with Gasteiger partial charge >= 0.3 is 8.72 Å². The Morgan fingerprint density at radius 1 is 0.750 bits per heavy atom. The van der Waals surface area contributed by atoms with Gasteiger partial charge in [-0.2, -0.15) is 0 Å². The molecule has 0 aliphatic heterocycles. The lowest BCUT2D eigenvalue weighted by Gasteiger charge is -2.07. The van der Waals surface area contributed by atoms with Gasteiger partial charge in [-0.3, -0.25) is 0 Å². The zero-order valence-electron chi connectivity index (χ0n) is 5.98. The highest BCUT2D eigenvalue weighted by atomic mass is 79.9. The van der Waals surface area contributed by atoms with Crippen molar-refractivity contribution in [3.05, 3.63) is 24.3 Å². The Hall–Kier alpha value is 1.27. The van der Waals surface area contributed by atoms with E-state index in [9.17, 15) is 0 Å². The van der Waals surface area contributed by atoms with E-state index in [-0.39, 0.29) is 8.72 Å². The Bertz CT molecular complexity index is 236. The molecule has 0 heterocycles. The number of halogens is 4. The average molecular weight is 417 g/mol. The lowest BCUT2D eigenvalue weighted by molar-refractivity contribution is 1.82. The predicted octanol–water partition coefficient (Wildman–Crippen LogP) is 2.66. The van der Waals surface area contributed by atoms with E-state index in [1.165, 1.54) is 10.9 Å². The first-order chi connectivity index (χ1) is 5.63. The van der Waals surface area contributed by atoms with E-state index in [4.69, 9.17) is 0 Å².